The Morgan fingerprint density at radius 2 is 1.93 bits per heavy atom. The molecule has 0 radical (unpaired) electrons. The monoisotopic (exact) mass is 386 g/mol. The van der Waals surface area contributed by atoms with Crippen LogP contribution in [-0.4, -0.2) is 35.3 Å². The average Bonchev–Trinajstić information content (AvgIpc) is 2.68. The van der Waals surface area contributed by atoms with E-state index in [-0.39, 0.29) is 16.3 Å². The summed E-state index contributed by atoms with van der Waals surface area (Å²) in [6.07, 6.45) is 1.67. The maximum absolute atomic E-state index is 12.6. The molecule has 0 aliphatic carbocycles. The van der Waals surface area contributed by atoms with Crippen LogP contribution in [-0.2, 0) is 4.74 Å². The number of hydrogen-bond donors (Lipinski definition) is 1. The zero-order chi connectivity index (χ0) is 19.3. The number of benzene rings is 2. The van der Waals surface area contributed by atoms with Crippen molar-refractivity contribution in [1.82, 2.24) is 5.32 Å². The van der Waals surface area contributed by atoms with Gasteiger partial charge in [0.05, 0.1) is 4.92 Å². The molecule has 1 aliphatic heterocycles. The second-order valence-corrected chi connectivity index (χ2v) is 8.19. The Labute approximate surface area is 162 Å². The van der Waals surface area contributed by atoms with Gasteiger partial charge in [-0.3, -0.25) is 14.9 Å². The SMILES string of the molecule is Cc1ccc(C(=O)NCC2(Sc3ccccc3)CCOCC2)cc1[N+](=O)[O-]. The molecule has 0 aromatic heterocycles. The predicted octanol–water partition coefficient (Wildman–Crippen LogP) is 3.97. The minimum Gasteiger partial charge on any atom is -0.381 e. The lowest BCUT2D eigenvalue weighted by Gasteiger charge is -2.36. The largest absolute Gasteiger partial charge is 0.381 e. The molecule has 7 heteroatoms. The number of carbonyl (C=O) groups is 1. The third kappa shape index (κ3) is 4.87. The van der Waals surface area contributed by atoms with Gasteiger partial charge in [-0.2, -0.15) is 0 Å². The summed E-state index contributed by atoms with van der Waals surface area (Å²) in [5.74, 6) is -0.294. The van der Waals surface area contributed by atoms with E-state index in [1.807, 2.05) is 18.2 Å². The molecule has 1 saturated heterocycles. The fourth-order valence-electron chi connectivity index (χ4n) is 3.09. The van der Waals surface area contributed by atoms with Gasteiger partial charge in [-0.25, -0.2) is 0 Å². The molecule has 2 aromatic carbocycles. The van der Waals surface area contributed by atoms with Crippen molar-refractivity contribution in [3.63, 3.8) is 0 Å². The van der Waals surface area contributed by atoms with Gasteiger partial charge < -0.3 is 10.1 Å². The summed E-state index contributed by atoms with van der Waals surface area (Å²) in [6.45, 7) is 3.46. The number of carbonyl (C=O) groups excluding carboxylic acids is 1. The molecule has 1 heterocycles. The minimum absolute atomic E-state index is 0.0397. The van der Waals surface area contributed by atoms with Crippen LogP contribution in [0.3, 0.4) is 0 Å². The highest BCUT2D eigenvalue weighted by Gasteiger charge is 2.34. The molecule has 0 bridgehead atoms. The summed E-state index contributed by atoms with van der Waals surface area (Å²) in [6, 6.07) is 14.7. The Kier molecular flexibility index (Phi) is 6.13. The number of nitro groups is 1. The first-order chi connectivity index (χ1) is 13.0. The van der Waals surface area contributed by atoms with E-state index in [1.54, 1.807) is 30.8 Å². The molecular weight excluding hydrogens is 364 g/mol. The lowest BCUT2D eigenvalue weighted by atomic mass is 9.98. The molecule has 3 rings (SSSR count). The second kappa shape index (κ2) is 8.54. The van der Waals surface area contributed by atoms with E-state index < -0.39 is 4.92 Å². The van der Waals surface area contributed by atoms with Gasteiger partial charge in [0.15, 0.2) is 0 Å². The van der Waals surface area contributed by atoms with E-state index >= 15 is 0 Å². The van der Waals surface area contributed by atoms with Crippen molar-refractivity contribution in [2.24, 2.45) is 0 Å². The van der Waals surface area contributed by atoms with Crippen molar-refractivity contribution in [3.8, 4) is 0 Å². The van der Waals surface area contributed by atoms with Gasteiger partial charge in [-0.05, 0) is 38.0 Å². The summed E-state index contributed by atoms with van der Waals surface area (Å²) in [7, 11) is 0. The number of nitrogens with one attached hydrogen (secondary N) is 1. The molecule has 142 valence electrons. The van der Waals surface area contributed by atoms with Gasteiger partial charge in [0.2, 0.25) is 0 Å². The molecule has 2 aromatic rings. The standard InChI is InChI=1S/C20H22N2O4S/c1-15-7-8-16(13-18(15)22(24)25)19(23)21-14-20(9-11-26-12-10-20)27-17-5-3-2-4-6-17/h2-8,13H,9-12,14H2,1H3,(H,21,23). The van der Waals surface area contributed by atoms with Crippen LogP contribution in [0.5, 0.6) is 0 Å². The zero-order valence-corrected chi connectivity index (χ0v) is 16.0. The third-order valence-corrected chi connectivity index (χ3v) is 6.21. The van der Waals surface area contributed by atoms with Crippen molar-refractivity contribution in [1.29, 1.82) is 0 Å². The fourth-order valence-corrected chi connectivity index (χ4v) is 4.40. The zero-order valence-electron chi connectivity index (χ0n) is 15.1. The first-order valence-electron chi connectivity index (χ1n) is 8.84. The number of ether oxygens (including phenoxy) is 1. The van der Waals surface area contributed by atoms with Gasteiger partial charge in [0, 0.05) is 46.6 Å². The van der Waals surface area contributed by atoms with Gasteiger partial charge in [-0.1, -0.05) is 24.3 Å². The van der Waals surface area contributed by atoms with Crippen molar-refractivity contribution < 1.29 is 14.5 Å². The van der Waals surface area contributed by atoms with Gasteiger partial charge in [0.1, 0.15) is 0 Å². The van der Waals surface area contributed by atoms with Crippen molar-refractivity contribution in [3.05, 3.63) is 69.8 Å². The molecule has 1 amide bonds. The van der Waals surface area contributed by atoms with Crippen LogP contribution in [0.25, 0.3) is 0 Å². The maximum atomic E-state index is 12.6. The first-order valence-corrected chi connectivity index (χ1v) is 9.66. The summed E-state index contributed by atoms with van der Waals surface area (Å²) < 4.78 is 5.36. The number of nitro benzene ring substituents is 1. The van der Waals surface area contributed by atoms with Crippen molar-refractivity contribution in [2.75, 3.05) is 19.8 Å². The molecule has 1 aliphatic rings. The smallest absolute Gasteiger partial charge is 0.273 e. The van der Waals surface area contributed by atoms with E-state index in [0.717, 1.165) is 17.7 Å². The Balaban J connectivity index is 1.72. The number of thioether (sulfide) groups is 1. The molecular formula is C20H22N2O4S. The van der Waals surface area contributed by atoms with E-state index in [1.165, 1.54) is 6.07 Å². The summed E-state index contributed by atoms with van der Waals surface area (Å²) in [4.78, 5) is 24.4. The van der Waals surface area contributed by atoms with E-state index in [9.17, 15) is 14.9 Å². The minimum atomic E-state index is -0.461. The molecule has 1 fully saturated rings. The maximum Gasteiger partial charge on any atom is 0.273 e. The van der Waals surface area contributed by atoms with Gasteiger partial charge in [0.25, 0.3) is 11.6 Å². The lowest BCUT2D eigenvalue weighted by Crippen LogP contribution is -2.44. The van der Waals surface area contributed by atoms with Crippen LogP contribution in [0, 0.1) is 17.0 Å². The van der Waals surface area contributed by atoms with Crippen molar-refractivity contribution >= 4 is 23.4 Å². The Bertz CT molecular complexity index is 820. The average molecular weight is 386 g/mol. The molecule has 1 N–H and O–H groups in total. The van der Waals surface area contributed by atoms with Crippen LogP contribution in [0.1, 0.15) is 28.8 Å². The number of amides is 1. The normalized spacial score (nSPS) is 15.9. The fraction of sp³-hybridized carbons (Fsp3) is 0.350. The highest BCUT2D eigenvalue weighted by molar-refractivity contribution is 8.00. The van der Waals surface area contributed by atoms with E-state index in [0.29, 0.717) is 30.9 Å². The number of rotatable bonds is 6. The molecule has 6 nitrogen and oxygen atoms in total. The van der Waals surface area contributed by atoms with Crippen LogP contribution >= 0.6 is 11.8 Å². The quantitative estimate of drug-likeness (QED) is 0.600. The Morgan fingerprint density at radius 1 is 1.22 bits per heavy atom. The highest BCUT2D eigenvalue weighted by atomic mass is 32.2. The summed E-state index contributed by atoms with van der Waals surface area (Å²) in [5.41, 5.74) is 0.804. The summed E-state index contributed by atoms with van der Waals surface area (Å²) in [5, 5.41) is 14.1. The van der Waals surface area contributed by atoms with E-state index in [2.05, 4.69) is 17.4 Å². The summed E-state index contributed by atoms with van der Waals surface area (Å²) >= 11 is 1.76. The first kappa shape index (κ1) is 19.4. The van der Waals surface area contributed by atoms with Gasteiger partial charge in [-0.15, -0.1) is 11.8 Å². The van der Waals surface area contributed by atoms with Crippen LogP contribution < -0.4 is 5.32 Å². The predicted molar refractivity (Wildman–Crippen MR) is 105 cm³/mol. The van der Waals surface area contributed by atoms with Crippen LogP contribution in [0.15, 0.2) is 53.4 Å². The molecule has 0 saturated carbocycles. The van der Waals surface area contributed by atoms with Crippen LogP contribution in [0.4, 0.5) is 5.69 Å². The van der Waals surface area contributed by atoms with E-state index in [4.69, 9.17) is 4.74 Å². The number of hydrogen-bond acceptors (Lipinski definition) is 5. The van der Waals surface area contributed by atoms with Gasteiger partial charge >= 0.3 is 0 Å². The van der Waals surface area contributed by atoms with Crippen LogP contribution in [0.2, 0.25) is 0 Å². The third-order valence-electron chi connectivity index (χ3n) is 4.72. The number of aryl methyl sites for hydroxylation is 1. The topological polar surface area (TPSA) is 81.5 Å². The second-order valence-electron chi connectivity index (χ2n) is 6.65. The molecule has 0 spiro atoms. The van der Waals surface area contributed by atoms with Crippen molar-refractivity contribution in [2.45, 2.75) is 29.4 Å². The lowest BCUT2D eigenvalue weighted by molar-refractivity contribution is -0.385. The molecule has 27 heavy (non-hydrogen) atoms. The molecule has 0 atom stereocenters. The molecule has 0 unspecified atom stereocenters. The Morgan fingerprint density at radius 3 is 2.59 bits per heavy atom. The highest BCUT2D eigenvalue weighted by Crippen LogP contribution is 2.40. The Hall–Kier alpha value is -2.38. The number of nitrogens with zero attached hydrogens (tertiary/aromatic N) is 1.